The monoisotopic (exact) mass is 545 g/mol. The molecule has 0 fully saturated rings. The largest absolute Gasteiger partial charge is 0.445 e. The van der Waals surface area contributed by atoms with Gasteiger partial charge in [-0.25, -0.2) is 4.79 Å². The van der Waals surface area contributed by atoms with E-state index in [-0.39, 0.29) is 45.2 Å². The maximum atomic E-state index is 11.6. The molecule has 1 aromatic rings. The molecule has 0 aliphatic rings. The molecule has 0 heterocycles. The molecule has 0 aliphatic heterocycles. The molecule has 0 radical (unpaired) electrons. The van der Waals surface area contributed by atoms with Crippen molar-refractivity contribution in [3.05, 3.63) is 35.9 Å². The van der Waals surface area contributed by atoms with Gasteiger partial charge in [-0.05, 0) is 31.2 Å². The molecular formula is C25H43N3O10. The molecule has 1 rings (SSSR count). The number of rotatable bonds is 17. The van der Waals surface area contributed by atoms with Crippen molar-refractivity contribution >= 4 is 17.9 Å². The number of amides is 3. The minimum atomic E-state index is -1.50. The van der Waals surface area contributed by atoms with Crippen molar-refractivity contribution in [1.29, 1.82) is 0 Å². The van der Waals surface area contributed by atoms with Crippen molar-refractivity contribution in [2.45, 2.75) is 70.1 Å². The van der Waals surface area contributed by atoms with Crippen molar-refractivity contribution in [2.75, 3.05) is 32.8 Å². The molecule has 13 nitrogen and oxygen atoms in total. The molecule has 1 aromatic carbocycles. The predicted molar refractivity (Wildman–Crippen MR) is 138 cm³/mol. The van der Waals surface area contributed by atoms with Gasteiger partial charge in [-0.2, -0.15) is 0 Å². The fraction of sp³-hybridized carbons (Fsp3) is 0.640. The van der Waals surface area contributed by atoms with Crippen LogP contribution >= 0.6 is 0 Å². The number of alkyl carbamates (subject to hydrolysis) is 1. The van der Waals surface area contributed by atoms with E-state index in [4.69, 9.17) is 20.1 Å². The van der Waals surface area contributed by atoms with Crippen LogP contribution in [-0.2, 0) is 20.9 Å². The first-order valence-electron chi connectivity index (χ1n) is 12.6. The van der Waals surface area contributed by atoms with Crippen LogP contribution in [0.15, 0.2) is 30.3 Å². The van der Waals surface area contributed by atoms with Gasteiger partial charge in [-0.3, -0.25) is 9.59 Å². The summed E-state index contributed by atoms with van der Waals surface area (Å²) in [6, 6.07) is 9.03. The molecule has 0 bridgehead atoms. The van der Waals surface area contributed by atoms with Gasteiger partial charge in [-0.1, -0.05) is 37.3 Å². The van der Waals surface area contributed by atoms with E-state index in [9.17, 15) is 29.7 Å². The molecule has 9 N–H and O–H groups in total. The van der Waals surface area contributed by atoms with Crippen LogP contribution in [0.25, 0.3) is 0 Å². The third-order valence-corrected chi connectivity index (χ3v) is 5.15. The lowest BCUT2D eigenvalue weighted by Gasteiger charge is -2.22. The number of unbranched alkanes of at least 4 members (excludes halogenated alkanes) is 1. The quantitative estimate of drug-likeness (QED) is 0.103. The minimum Gasteiger partial charge on any atom is -0.445 e. The molecule has 0 spiro atoms. The number of carbonyl (C=O) groups excluding carboxylic acids is 3. The Bertz CT molecular complexity index is 769. The molecule has 0 aliphatic carbocycles. The highest BCUT2D eigenvalue weighted by atomic mass is 16.5. The second-order valence-electron chi connectivity index (χ2n) is 8.39. The third kappa shape index (κ3) is 18.4. The Morgan fingerprint density at radius 2 is 1.55 bits per heavy atom. The fourth-order valence-corrected chi connectivity index (χ4v) is 2.84. The Hall–Kier alpha value is -2.81. The summed E-state index contributed by atoms with van der Waals surface area (Å²) in [6.45, 7) is 1.34. The van der Waals surface area contributed by atoms with E-state index in [1.54, 1.807) is 24.3 Å². The Kier molecular flexibility index (Phi) is 20.6. The summed E-state index contributed by atoms with van der Waals surface area (Å²) < 4.78 is 4.92. The van der Waals surface area contributed by atoms with E-state index in [0.717, 1.165) is 18.4 Å². The summed E-state index contributed by atoms with van der Waals surface area (Å²) in [5.41, 5.74) is 0.806. The van der Waals surface area contributed by atoms with Gasteiger partial charge in [0.15, 0.2) is 0 Å². The molecule has 4 unspecified atom stereocenters. The summed E-state index contributed by atoms with van der Waals surface area (Å²) in [4.78, 5) is 33.8. The zero-order valence-electron chi connectivity index (χ0n) is 21.8. The van der Waals surface area contributed by atoms with Crippen LogP contribution in [0.3, 0.4) is 0 Å². The van der Waals surface area contributed by atoms with Gasteiger partial charge >= 0.3 is 6.09 Å². The molecular weight excluding hydrogens is 502 g/mol. The van der Waals surface area contributed by atoms with Gasteiger partial charge in [0.2, 0.25) is 11.8 Å². The highest BCUT2D eigenvalue weighted by Gasteiger charge is 2.24. The van der Waals surface area contributed by atoms with Crippen molar-refractivity contribution < 1.29 is 49.8 Å². The molecule has 13 heteroatoms. The third-order valence-electron chi connectivity index (χ3n) is 5.15. The first-order chi connectivity index (χ1) is 18.1. The smallest absolute Gasteiger partial charge is 0.407 e. The van der Waals surface area contributed by atoms with Gasteiger partial charge < -0.3 is 51.3 Å². The lowest BCUT2D eigenvalue weighted by atomic mass is 10.1. The second-order valence-corrected chi connectivity index (χ2v) is 8.39. The van der Waals surface area contributed by atoms with Crippen LogP contribution in [-0.4, -0.2) is 106 Å². The van der Waals surface area contributed by atoms with E-state index in [2.05, 4.69) is 16.0 Å². The first kappa shape index (κ1) is 35.2. The Labute approximate surface area is 222 Å². The van der Waals surface area contributed by atoms with Crippen molar-refractivity contribution in [2.24, 2.45) is 0 Å². The number of ether oxygens (including phenoxy) is 1. The summed E-state index contributed by atoms with van der Waals surface area (Å²) >= 11 is 0. The number of aliphatic hydroxyl groups excluding tert-OH is 6. The minimum absolute atomic E-state index is 0.0581. The van der Waals surface area contributed by atoms with E-state index in [1.807, 2.05) is 13.0 Å². The molecule has 0 saturated carbocycles. The van der Waals surface area contributed by atoms with E-state index < -0.39 is 36.4 Å². The Morgan fingerprint density at radius 3 is 2.16 bits per heavy atom. The van der Waals surface area contributed by atoms with Crippen LogP contribution < -0.4 is 16.0 Å². The SMILES string of the molecule is CCC(=O)NCCCCC(O)CO.O=C(CNC(=O)OCc1ccccc1)NCC(O)C(O)C(O)CCO. The van der Waals surface area contributed by atoms with Crippen molar-refractivity contribution in [3.8, 4) is 0 Å². The summed E-state index contributed by atoms with van der Waals surface area (Å²) in [6.07, 6.45) is -2.90. The topological polar surface area (TPSA) is 218 Å². The lowest BCUT2D eigenvalue weighted by molar-refractivity contribution is -0.122. The molecule has 0 saturated heterocycles. The summed E-state index contributed by atoms with van der Waals surface area (Å²) in [5, 5.41) is 62.0. The van der Waals surface area contributed by atoms with Gasteiger partial charge in [-0.15, -0.1) is 0 Å². The number of carbonyl (C=O) groups is 3. The molecule has 3 amide bonds. The first-order valence-corrected chi connectivity index (χ1v) is 12.6. The zero-order valence-corrected chi connectivity index (χ0v) is 21.8. The molecule has 38 heavy (non-hydrogen) atoms. The zero-order chi connectivity index (χ0) is 28.8. The van der Waals surface area contributed by atoms with Crippen LogP contribution in [0, 0.1) is 0 Å². The maximum Gasteiger partial charge on any atom is 0.407 e. The fourth-order valence-electron chi connectivity index (χ4n) is 2.84. The average Bonchev–Trinajstić information content (AvgIpc) is 2.93. The van der Waals surface area contributed by atoms with Gasteiger partial charge in [0, 0.05) is 26.1 Å². The van der Waals surface area contributed by atoms with E-state index in [0.29, 0.717) is 19.4 Å². The second kappa shape index (κ2) is 22.2. The Morgan fingerprint density at radius 1 is 0.868 bits per heavy atom. The molecule has 4 atom stereocenters. The summed E-state index contributed by atoms with van der Waals surface area (Å²) in [5.74, 6) is -0.540. The number of benzene rings is 1. The van der Waals surface area contributed by atoms with E-state index in [1.165, 1.54) is 0 Å². The van der Waals surface area contributed by atoms with Crippen LogP contribution in [0.4, 0.5) is 4.79 Å². The summed E-state index contributed by atoms with van der Waals surface area (Å²) in [7, 11) is 0. The van der Waals surface area contributed by atoms with Gasteiger partial charge in [0.25, 0.3) is 0 Å². The van der Waals surface area contributed by atoms with Gasteiger partial charge in [0.1, 0.15) is 12.7 Å². The van der Waals surface area contributed by atoms with Crippen molar-refractivity contribution in [3.63, 3.8) is 0 Å². The van der Waals surface area contributed by atoms with Crippen LogP contribution in [0.2, 0.25) is 0 Å². The molecule has 218 valence electrons. The highest BCUT2D eigenvalue weighted by molar-refractivity contribution is 5.82. The van der Waals surface area contributed by atoms with Crippen LogP contribution in [0.5, 0.6) is 0 Å². The number of hydrogen-bond acceptors (Lipinski definition) is 10. The number of hydrogen-bond donors (Lipinski definition) is 9. The average molecular weight is 546 g/mol. The van der Waals surface area contributed by atoms with Crippen molar-refractivity contribution in [1.82, 2.24) is 16.0 Å². The van der Waals surface area contributed by atoms with E-state index >= 15 is 0 Å². The predicted octanol–water partition coefficient (Wildman–Crippen LogP) is -1.47. The molecule has 0 aromatic heterocycles. The highest BCUT2D eigenvalue weighted by Crippen LogP contribution is 2.03. The standard InChI is InChI=1S/C16H24N2O7.C9H19NO3/c19-7-6-12(20)15(23)13(21)8-17-14(22)9-18-16(24)25-10-11-4-2-1-3-5-11;1-2-9(13)10-6-4-3-5-8(12)7-11/h1-5,12-13,15,19-21,23H,6-10H2,(H,17,22)(H,18,24);8,11-12H,2-7H2,1H3,(H,10,13). The maximum absolute atomic E-state index is 11.6. The van der Waals surface area contributed by atoms with Gasteiger partial charge in [0.05, 0.1) is 31.5 Å². The number of aliphatic hydroxyl groups is 6. The normalized spacial score (nSPS) is 13.7. The Balaban J connectivity index is 0.000000889. The van der Waals surface area contributed by atoms with Crippen LogP contribution in [0.1, 0.15) is 44.6 Å². The lowest BCUT2D eigenvalue weighted by Crippen LogP contribution is -2.46. The number of nitrogens with one attached hydrogen (secondary N) is 3.